The van der Waals surface area contributed by atoms with Crippen LogP contribution in [0.3, 0.4) is 0 Å². The molecule has 5 heteroatoms. The number of fused-ring (bicyclic) bond motifs is 1. The van der Waals surface area contributed by atoms with Gasteiger partial charge >= 0.3 is 0 Å². The molecule has 2 N–H and O–H groups in total. The summed E-state index contributed by atoms with van der Waals surface area (Å²) in [6.07, 6.45) is 6.45. The van der Waals surface area contributed by atoms with E-state index in [-0.39, 0.29) is 5.91 Å². The van der Waals surface area contributed by atoms with Crippen LogP contribution >= 0.6 is 0 Å². The Bertz CT molecular complexity index is 912. The predicted octanol–water partition coefficient (Wildman–Crippen LogP) is 2.60. The first-order chi connectivity index (χ1) is 12.7. The van der Waals surface area contributed by atoms with Crippen LogP contribution in [0.2, 0.25) is 0 Å². The summed E-state index contributed by atoms with van der Waals surface area (Å²) in [6, 6.07) is 15.5. The number of benzene rings is 2. The molecule has 1 atom stereocenters. The van der Waals surface area contributed by atoms with Crippen LogP contribution in [0.5, 0.6) is 0 Å². The minimum atomic E-state index is -0.549. The van der Waals surface area contributed by atoms with Gasteiger partial charge in [0, 0.05) is 30.2 Å². The SMILES string of the molecule is N[C@@H](Cc1ccccc1)C(=O)N1CCc2ccc(-c3cncnc3)cc21. The lowest BCUT2D eigenvalue weighted by atomic mass is 10.0. The van der Waals surface area contributed by atoms with E-state index in [9.17, 15) is 4.79 Å². The quantitative estimate of drug-likeness (QED) is 0.790. The maximum Gasteiger partial charge on any atom is 0.244 e. The Hall–Kier alpha value is -3.05. The molecule has 1 aliphatic heterocycles. The Kier molecular flexibility index (Phi) is 4.46. The lowest BCUT2D eigenvalue weighted by Crippen LogP contribution is -2.44. The normalized spacial score (nSPS) is 14.1. The highest BCUT2D eigenvalue weighted by Gasteiger charge is 2.28. The molecular formula is C21H20N4O. The van der Waals surface area contributed by atoms with Crippen LogP contribution in [0.25, 0.3) is 11.1 Å². The van der Waals surface area contributed by atoms with Gasteiger partial charge in [0.2, 0.25) is 5.91 Å². The molecule has 0 spiro atoms. The summed E-state index contributed by atoms with van der Waals surface area (Å²) in [7, 11) is 0. The zero-order valence-corrected chi connectivity index (χ0v) is 14.4. The minimum absolute atomic E-state index is 0.0333. The molecule has 0 fully saturated rings. The van der Waals surface area contributed by atoms with Gasteiger partial charge in [0.15, 0.2) is 0 Å². The third kappa shape index (κ3) is 3.21. The van der Waals surface area contributed by atoms with Gasteiger partial charge in [-0.05, 0) is 35.6 Å². The second-order valence-electron chi connectivity index (χ2n) is 6.51. The van der Waals surface area contributed by atoms with Gasteiger partial charge in [-0.2, -0.15) is 0 Å². The molecule has 5 nitrogen and oxygen atoms in total. The molecule has 1 aromatic heterocycles. The van der Waals surface area contributed by atoms with E-state index in [0.717, 1.165) is 28.8 Å². The van der Waals surface area contributed by atoms with E-state index in [1.54, 1.807) is 12.4 Å². The first-order valence-corrected chi connectivity index (χ1v) is 8.71. The lowest BCUT2D eigenvalue weighted by Gasteiger charge is -2.22. The van der Waals surface area contributed by atoms with Crippen LogP contribution in [0, 0.1) is 0 Å². The molecule has 1 amide bonds. The summed E-state index contributed by atoms with van der Waals surface area (Å²) in [5.41, 5.74) is 11.3. The average molecular weight is 344 g/mol. The van der Waals surface area contributed by atoms with Crippen LogP contribution in [-0.4, -0.2) is 28.5 Å². The van der Waals surface area contributed by atoms with Crippen LogP contribution in [0.1, 0.15) is 11.1 Å². The molecule has 130 valence electrons. The molecule has 0 saturated heterocycles. The van der Waals surface area contributed by atoms with E-state index in [2.05, 4.69) is 22.1 Å². The van der Waals surface area contributed by atoms with Crippen LogP contribution in [0.4, 0.5) is 5.69 Å². The van der Waals surface area contributed by atoms with E-state index in [0.29, 0.717) is 13.0 Å². The van der Waals surface area contributed by atoms with Crippen molar-refractivity contribution in [1.29, 1.82) is 0 Å². The Balaban J connectivity index is 1.57. The van der Waals surface area contributed by atoms with Crippen LogP contribution in [0.15, 0.2) is 67.3 Å². The van der Waals surface area contributed by atoms with E-state index >= 15 is 0 Å². The Labute approximate surface area is 152 Å². The third-order valence-electron chi connectivity index (χ3n) is 4.76. The van der Waals surface area contributed by atoms with Crippen molar-refractivity contribution < 1.29 is 4.79 Å². The van der Waals surface area contributed by atoms with Gasteiger partial charge in [-0.15, -0.1) is 0 Å². The van der Waals surface area contributed by atoms with Crippen molar-refractivity contribution in [2.24, 2.45) is 5.73 Å². The largest absolute Gasteiger partial charge is 0.320 e. The highest BCUT2D eigenvalue weighted by Crippen LogP contribution is 2.33. The zero-order chi connectivity index (χ0) is 17.9. The van der Waals surface area contributed by atoms with Crippen molar-refractivity contribution in [3.05, 3.63) is 78.4 Å². The van der Waals surface area contributed by atoms with Crippen molar-refractivity contribution >= 4 is 11.6 Å². The number of nitrogens with zero attached hydrogens (tertiary/aromatic N) is 3. The summed E-state index contributed by atoms with van der Waals surface area (Å²) in [5, 5.41) is 0. The van der Waals surface area contributed by atoms with Crippen LogP contribution in [-0.2, 0) is 17.6 Å². The fraction of sp³-hybridized carbons (Fsp3) is 0.190. The first kappa shape index (κ1) is 16.4. The van der Waals surface area contributed by atoms with Gasteiger partial charge in [-0.3, -0.25) is 4.79 Å². The van der Waals surface area contributed by atoms with Crippen molar-refractivity contribution in [2.75, 3.05) is 11.4 Å². The second-order valence-corrected chi connectivity index (χ2v) is 6.51. The van der Waals surface area contributed by atoms with Gasteiger partial charge in [0.25, 0.3) is 0 Å². The molecule has 0 radical (unpaired) electrons. The number of nitrogens with two attached hydrogens (primary N) is 1. The minimum Gasteiger partial charge on any atom is -0.320 e. The van der Waals surface area contributed by atoms with Crippen LogP contribution < -0.4 is 10.6 Å². The Morgan fingerprint density at radius 1 is 1.08 bits per heavy atom. The third-order valence-corrected chi connectivity index (χ3v) is 4.76. The number of hydrogen-bond acceptors (Lipinski definition) is 4. The molecule has 0 bridgehead atoms. The van der Waals surface area contributed by atoms with E-state index < -0.39 is 6.04 Å². The summed E-state index contributed by atoms with van der Waals surface area (Å²) in [5.74, 6) is -0.0333. The highest BCUT2D eigenvalue weighted by molar-refractivity contribution is 5.99. The van der Waals surface area contributed by atoms with Crippen molar-refractivity contribution in [1.82, 2.24) is 9.97 Å². The topological polar surface area (TPSA) is 72.1 Å². The molecule has 3 aromatic rings. The first-order valence-electron chi connectivity index (χ1n) is 8.71. The summed E-state index contributed by atoms with van der Waals surface area (Å²) in [6.45, 7) is 0.672. The predicted molar refractivity (Wildman–Crippen MR) is 102 cm³/mol. The molecule has 0 aliphatic carbocycles. The molecule has 2 heterocycles. The van der Waals surface area contributed by atoms with Gasteiger partial charge in [-0.25, -0.2) is 9.97 Å². The van der Waals surface area contributed by atoms with Gasteiger partial charge < -0.3 is 10.6 Å². The second kappa shape index (κ2) is 7.06. The number of carbonyl (C=O) groups is 1. The van der Waals surface area contributed by atoms with Gasteiger partial charge in [0.1, 0.15) is 6.33 Å². The maximum absolute atomic E-state index is 12.9. The standard InChI is InChI=1S/C21H20N4O/c22-19(10-15-4-2-1-3-5-15)21(26)25-9-8-16-6-7-17(11-20(16)25)18-12-23-14-24-13-18/h1-7,11-14,19H,8-10,22H2/t19-/m0/s1. The van der Waals surface area contributed by atoms with Crippen molar-refractivity contribution in [2.45, 2.75) is 18.9 Å². The lowest BCUT2D eigenvalue weighted by molar-refractivity contribution is -0.119. The number of aromatic nitrogens is 2. The molecule has 26 heavy (non-hydrogen) atoms. The highest BCUT2D eigenvalue weighted by atomic mass is 16.2. The number of rotatable bonds is 4. The molecule has 0 saturated carbocycles. The number of carbonyl (C=O) groups excluding carboxylic acids is 1. The molecule has 4 rings (SSSR count). The van der Waals surface area contributed by atoms with Crippen molar-refractivity contribution in [3.8, 4) is 11.1 Å². The molecule has 2 aromatic carbocycles. The van der Waals surface area contributed by atoms with Gasteiger partial charge in [-0.1, -0.05) is 42.5 Å². The van der Waals surface area contributed by atoms with Crippen molar-refractivity contribution in [3.63, 3.8) is 0 Å². The number of amides is 1. The Morgan fingerprint density at radius 3 is 2.62 bits per heavy atom. The molecular weight excluding hydrogens is 324 g/mol. The smallest absolute Gasteiger partial charge is 0.244 e. The summed E-state index contributed by atoms with van der Waals surface area (Å²) >= 11 is 0. The average Bonchev–Trinajstić information content (AvgIpc) is 3.12. The van der Waals surface area contributed by atoms with E-state index in [1.165, 1.54) is 11.9 Å². The number of hydrogen-bond donors (Lipinski definition) is 1. The molecule has 1 aliphatic rings. The Morgan fingerprint density at radius 2 is 1.85 bits per heavy atom. The van der Waals surface area contributed by atoms with E-state index in [1.807, 2.05) is 41.3 Å². The number of anilines is 1. The fourth-order valence-corrected chi connectivity index (χ4v) is 3.39. The maximum atomic E-state index is 12.9. The zero-order valence-electron chi connectivity index (χ0n) is 14.4. The fourth-order valence-electron chi connectivity index (χ4n) is 3.39. The summed E-state index contributed by atoms with van der Waals surface area (Å²) < 4.78 is 0. The molecule has 0 unspecified atom stereocenters. The van der Waals surface area contributed by atoms with Gasteiger partial charge in [0.05, 0.1) is 6.04 Å². The monoisotopic (exact) mass is 344 g/mol. The summed E-state index contributed by atoms with van der Waals surface area (Å²) in [4.78, 5) is 22.9. The van der Waals surface area contributed by atoms with E-state index in [4.69, 9.17) is 5.73 Å².